The van der Waals surface area contributed by atoms with Crippen LogP contribution in [0.1, 0.15) is 26.0 Å². The standard InChI is InChI=1S/C13H19N3O/c1-5-9(2)8-16-12-11(15(4)13(16)17)7-6-10(3)14-12/h6-7,9H,5,8H2,1-4H3. The topological polar surface area (TPSA) is 39.8 Å². The SMILES string of the molecule is CCC(C)Cn1c(=O)n(C)c2ccc(C)nc21. The molecule has 0 bridgehead atoms. The van der Waals surface area contributed by atoms with Gasteiger partial charge in [-0.15, -0.1) is 0 Å². The van der Waals surface area contributed by atoms with Crippen molar-refractivity contribution in [3.63, 3.8) is 0 Å². The Morgan fingerprint density at radius 2 is 2.12 bits per heavy atom. The molecule has 0 N–H and O–H groups in total. The van der Waals surface area contributed by atoms with Crippen molar-refractivity contribution < 1.29 is 0 Å². The summed E-state index contributed by atoms with van der Waals surface area (Å²) in [6.07, 6.45) is 1.06. The third-order valence-electron chi connectivity index (χ3n) is 3.32. The van der Waals surface area contributed by atoms with E-state index in [0.29, 0.717) is 5.92 Å². The van der Waals surface area contributed by atoms with Gasteiger partial charge >= 0.3 is 5.69 Å². The maximum absolute atomic E-state index is 12.1. The Bertz CT molecular complexity index is 594. The average Bonchev–Trinajstić information content (AvgIpc) is 2.54. The first-order chi connectivity index (χ1) is 8.04. The Morgan fingerprint density at radius 3 is 2.76 bits per heavy atom. The molecule has 2 aromatic rings. The molecule has 0 aliphatic carbocycles. The lowest BCUT2D eigenvalue weighted by molar-refractivity contribution is 0.463. The van der Waals surface area contributed by atoms with Gasteiger partial charge in [0, 0.05) is 19.3 Å². The number of pyridine rings is 1. The second-order valence-electron chi connectivity index (χ2n) is 4.76. The lowest BCUT2D eigenvalue weighted by Crippen LogP contribution is -2.24. The van der Waals surface area contributed by atoms with Crippen molar-refractivity contribution >= 4 is 11.2 Å². The van der Waals surface area contributed by atoms with Crippen LogP contribution in [0.25, 0.3) is 11.2 Å². The molecule has 1 unspecified atom stereocenters. The lowest BCUT2D eigenvalue weighted by atomic mass is 10.1. The third kappa shape index (κ3) is 1.99. The van der Waals surface area contributed by atoms with Crippen LogP contribution in [0.2, 0.25) is 0 Å². The summed E-state index contributed by atoms with van der Waals surface area (Å²) in [4.78, 5) is 16.6. The van der Waals surface area contributed by atoms with E-state index in [2.05, 4.69) is 18.8 Å². The monoisotopic (exact) mass is 233 g/mol. The van der Waals surface area contributed by atoms with Crippen LogP contribution in [0.4, 0.5) is 0 Å². The zero-order valence-corrected chi connectivity index (χ0v) is 10.9. The van der Waals surface area contributed by atoms with Gasteiger partial charge in [0.2, 0.25) is 0 Å². The minimum absolute atomic E-state index is 0.0263. The van der Waals surface area contributed by atoms with Crippen LogP contribution in [0.5, 0.6) is 0 Å². The van der Waals surface area contributed by atoms with E-state index in [1.807, 2.05) is 19.1 Å². The Balaban J connectivity index is 2.64. The third-order valence-corrected chi connectivity index (χ3v) is 3.32. The fraction of sp³-hybridized carbons (Fsp3) is 0.538. The molecule has 0 radical (unpaired) electrons. The number of fused-ring (bicyclic) bond motifs is 1. The summed E-state index contributed by atoms with van der Waals surface area (Å²) in [5.74, 6) is 0.487. The second-order valence-corrected chi connectivity index (χ2v) is 4.76. The summed E-state index contributed by atoms with van der Waals surface area (Å²) >= 11 is 0. The number of hydrogen-bond acceptors (Lipinski definition) is 2. The minimum atomic E-state index is 0.0263. The van der Waals surface area contributed by atoms with Gasteiger partial charge in [-0.2, -0.15) is 0 Å². The molecule has 4 nitrogen and oxygen atoms in total. The first-order valence-corrected chi connectivity index (χ1v) is 6.07. The largest absolute Gasteiger partial charge is 0.330 e. The van der Waals surface area contributed by atoms with Crippen LogP contribution >= 0.6 is 0 Å². The minimum Gasteiger partial charge on any atom is -0.293 e. The maximum atomic E-state index is 12.1. The molecule has 0 fully saturated rings. The van der Waals surface area contributed by atoms with E-state index >= 15 is 0 Å². The Labute approximate surface area is 101 Å². The molecule has 2 aromatic heterocycles. The van der Waals surface area contributed by atoms with Gasteiger partial charge in [-0.1, -0.05) is 20.3 Å². The van der Waals surface area contributed by atoms with E-state index in [9.17, 15) is 4.79 Å². The highest BCUT2D eigenvalue weighted by Crippen LogP contribution is 2.13. The molecule has 0 aliphatic heterocycles. The van der Waals surface area contributed by atoms with Crippen LogP contribution < -0.4 is 5.69 Å². The molecular weight excluding hydrogens is 214 g/mol. The van der Waals surface area contributed by atoms with Gasteiger partial charge in [0.05, 0.1) is 5.52 Å². The smallest absolute Gasteiger partial charge is 0.293 e. The summed E-state index contributed by atoms with van der Waals surface area (Å²) in [6.45, 7) is 6.98. The molecule has 2 rings (SSSR count). The maximum Gasteiger partial charge on any atom is 0.330 e. The van der Waals surface area contributed by atoms with E-state index in [1.165, 1.54) is 0 Å². The van der Waals surface area contributed by atoms with Crippen molar-refractivity contribution in [3.05, 3.63) is 28.3 Å². The second kappa shape index (κ2) is 4.35. The number of hydrogen-bond donors (Lipinski definition) is 0. The van der Waals surface area contributed by atoms with Gasteiger partial charge in [-0.05, 0) is 25.0 Å². The molecule has 0 aromatic carbocycles. The molecule has 1 atom stereocenters. The number of nitrogens with zero attached hydrogens (tertiary/aromatic N) is 3. The Kier molecular flexibility index (Phi) is 3.05. The van der Waals surface area contributed by atoms with Crippen molar-refractivity contribution in [2.45, 2.75) is 33.7 Å². The molecule has 0 amide bonds. The van der Waals surface area contributed by atoms with E-state index in [4.69, 9.17) is 0 Å². The molecular formula is C13H19N3O. The van der Waals surface area contributed by atoms with Crippen LogP contribution in [-0.4, -0.2) is 14.1 Å². The number of rotatable bonds is 3. The van der Waals surface area contributed by atoms with Crippen LogP contribution in [-0.2, 0) is 13.6 Å². The molecule has 0 saturated carbocycles. The highest BCUT2D eigenvalue weighted by atomic mass is 16.1. The van der Waals surface area contributed by atoms with Crippen LogP contribution in [0.15, 0.2) is 16.9 Å². The van der Waals surface area contributed by atoms with E-state index in [0.717, 1.165) is 29.8 Å². The summed E-state index contributed by atoms with van der Waals surface area (Å²) in [6, 6.07) is 3.90. The first-order valence-electron chi connectivity index (χ1n) is 6.07. The van der Waals surface area contributed by atoms with Gasteiger partial charge in [0.25, 0.3) is 0 Å². The Hall–Kier alpha value is -1.58. The molecule has 17 heavy (non-hydrogen) atoms. The van der Waals surface area contributed by atoms with Gasteiger partial charge in [-0.25, -0.2) is 9.78 Å². The van der Waals surface area contributed by atoms with Gasteiger partial charge in [0.15, 0.2) is 5.65 Å². The average molecular weight is 233 g/mol. The molecule has 92 valence electrons. The first kappa shape index (κ1) is 11.9. The highest BCUT2D eigenvalue weighted by Gasteiger charge is 2.13. The fourth-order valence-corrected chi connectivity index (χ4v) is 1.98. The van der Waals surface area contributed by atoms with Crippen molar-refractivity contribution in [2.75, 3.05) is 0 Å². The van der Waals surface area contributed by atoms with Crippen LogP contribution in [0.3, 0.4) is 0 Å². The Morgan fingerprint density at radius 1 is 1.41 bits per heavy atom. The van der Waals surface area contributed by atoms with E-state index in [1.54, 1.807) is 16.2 Å². The quantitative estimate of drug-likeness (QED) is 0.814. The van der Waals surface area contributed by atoms with Crippen molar-refractivity contribution in [1.29, 1.82) is 0 Å². The van der Waals surface area contributed by atoms with Crippen LogP contribution in [0, 0.1) is 12.8 Å². The van der Waals surface area contributed by atoms with Gasteiger partial charge in [0.1, 0.15) is 0 Å². The van der Waals surface area contributed by atoms with Crippen molar-refractivity contribution in [1.82, 2.24) is 14.1 Å². The highest BCUT2D eigenvalue weighted by molar-refractivity contribution is 5.71. The van der Waals surface area contributed by atoms with E-state index < -0.39 is 0 Å². The fourth-order valence-electron chi connectivity index (χ4n) is 1.98. The summed E-state index contributed by atoms with van der Waals surface area (Å²) in [5.41, 5.74) is 2.68. The molecule has 0 saturated heterocycles. The van der Waals surface area contributed by atoms with Gasteiger partial charge in [-0.3, -0.25) is 9.13 Å². The summed E-state index contributed by atoms with van der Waals surface area (Å²) < 4.78 is 3.46. The summed E-state index contributed by atoms with van der Waals surface area (Å²) in [5, 5.41) is 0. The zero-order chi connectivity index (χ0) is 12.6. The predicted molar refractivity (Wildman–Crippen MR) is 69.2 cm³/mol. The van der Waals surface area contributed by atoms with E-state index in [-0.39, 0.29) is 5.69 Å². The zero-order valence-electron chi connectivity index (χ0n) is 10.9. The molecule has 0 spiro atoms. The summed E-state index contributed by atoms with van der Waals surface area (Å²) in [7, 11) is 1.80. The predicted octanol–water partition coefficient (Wildman–Crippen LogP) is 2.09. The molecule has 4 heteroatoms. The van der Waals surface area contributed by atoms with Crippen molar-refractivity contribution in [3.8, 4) is 0 Å². The lowest BCUT2D eigenvalue weighted by Gasteiger charge is -2.08. The molecule has 2 heterocycles. The number of aromatic nitrogens is 3. The van der Waals surface area contributed by atoms with Crippen molar-refractivity contribution in [2.24, 2.45) is 13.0 Å². The number of aryl methyl sites for hydroxylation is 2. The normalized spacial score (nSPS) is 13.2. The number of imidazole rings is 1. The van der Waals surface area contributed by atoms with Gasteiger partial charge < -0.3 is 0 Å². The molecule has 0 aliphatic rings.